The number of aromatic nitrogens is 1. The van der Waals surface area contributed by atoms with Crippen LogP contribution in [-0.2, 0) is 4.79 Å². The van der Waals surface area contributed by atoms with E-state index in [4.69, 9.17) is 11.5 Å². The molecule has 0 fully saturated rings. The fraction of sp³-hybridized carbons (Fsp3) is 0.0833. The van der Waals surface area contributed by atoms with Crippen LogP contribution in [0.1, 0.15) is 16.2 Å². The zero-order chi connectivity index (χ0) is 14.0. The van der Waals surface area contributed by atoms with Gasteiger partial charge in [0, 0.05) is 5.39 Å². The number of pyridine rings is 1. The highest BCUT2D eigenvalue weighted by molar-refractivity contribution is 7.17. The van der Waals surface area contributed by atoms with E-state index in [1.54, 1.807) is 11.4 Å². The Kier molecular flexibility index (Phi) is 3.35. The lowest BCUT2D eigenvalue weighted by Crippen LogP contribution is -2.30. The second-order valence-electron chi connectivity index (χ2n) is 3.54. The number of fused-ring (bicyclic) bond motifs is 1. The van der Waals surface area contributed by atoms with Crippen molar-refractivity contribution in [3.8, 4) is 18.1 Å². The lowest BCUT2D eigenvalue weighted by Gasteiger charge is -2.06. The van der Waals surface area contributed by atoms with Gasteiger partial charge in [-0.1, -0.05) is 0 Å². The smallest absolute Gasteiger partial charge is 0.322 e. The van der Waals surface area contributed by atoms with E-state index < -0.39 is 18.4 Å². The van der Waals surface area contributed by atoms with Crippen molar-refractivity contribution in [1.29, 1.82) is 0 Å². The summed E-state index contributed by atoms with van der Waals surface area (Å²) in [5, 5.41) is 22.9. The molecule has 0 bridgehead atoms. The van der Waals surface area contributed by atoms with Crippen LogP contribution in [0.5, 0.6) is 5.75 Å². The predicted octanol–water partition coefficient (Wildman–Crippen LogP) is 0.798. The summed E-state index contributed by atoms with van der Waals surface area (Å²) in [5.74, 6) is 0.0545. The average Bonchev–Trinajstić information content (AvgIpc) is 2.86. The van der Waals surface area contributed by atoms with Crippen molar-refractivity contribution < 1.29 is 19.8 Å². The van der Waals surface area contributed by atoms with E-state index in [0.717, 1.165) is 0 Å². The SMILES string of the molecule is C#Cc1nc(C(=O)NCC(=O)O)c(O)c2sccc12. The summed E-state index contributed by atoms with van der Waals surface area (Å²) in [4.78, 5) is 26.0. The second-order valence-corrected chi connectivity index (χ2v) is 4.46. The maximum absolute atomic E-state index is 11.7. The molecule has 0 radical (unpaired) electrons. The minimum absolute atomic E-state index is 0.231. The first kappa shape index (κ1) is 12.9. The number of hydrogen-bond acceptors (Lipinski definition) is 5. The number of rotatable bonds is 3. The minimum Gasteiger partial charge on any atom is -0.504 e. The fourth-order valence-electron chi connectivity index (χ4n) is 1.52. The summed E-state index contributed by atoms with van der Waals surface area (Å²) in [6.45, 7) is -0.562. The van der Waals surface area contributed by atoms with Crippen LogP contribution in [0.4, 0.5) is 0 Å². The Bertz CT molecular complexity index is 714. The first-order valence-corrected chi connectivity index (χ1v) is 5.99. The Balaban J connectivity index is 2.49. The lowest BCUT2D eigenvalue weighted by atomic mass is 10.2. The second kappa shape index (κ2) is 4.96. The van der Waals surface area contributed by atoms with Gasteiger partial charge in [0.15, 0.2) is 11.4 Å². The molecule has 0 saturated carbocycles. The highest BCUT2D eigenvalue weighted by Crippen LogP contribution is 2.33. The molecule has 0 aliphatic heterocycles. The number of thiophene rings is 1. The fourth-order valence-corrected chi connectivity index (χ4v) is 2.36. The van der Waals surface area contributed by atoms with Crippen LogP contribution in [0.25, 0.3) is 10.1 Å². The van der Waals surface area contributed by atoms with Crippen LogP contribution in [0, 0.1) is 12.3 Å². The van der Waals surface area contributed by atoms with Crippen LogP contribution < -0.4 is 5.32 Å². The van der Waals surface area contributed by atoms with Gasteiger partial charge in [-0.2, -0.15) is 0 Å². The van der Waals surface area contributed by atoms with E-state index in [1.807, 2.05) is 0 Å². The van der Waals surface area contributed by atoms with Gasteiger partial charge < -0.3 is 15.5 Å². The number of carboxylic acids is 1. The number of amides is 1. The van der Waals surface area contributed by atoms with Crippen LogP contribution in [0.15, 0.2) is 11.4 Å². The van der Waals surface area contributed by atoms with Crippen LogP contribution in [-0.4, -0.2) is 33.6 Å². The molecule has 2 aromatic heterocycles. The standard InChI is InChI=1S/C12H8N2O4S/c1-2-7-6-3-4-19-11(6)10(17)9(14-7)12(18)13-5-8(15)16/h1,3-4,17H,5H2,(H,13,18)(H,15,16). The van der Waals surface area contributed by atoms with Gasteiger partial charge in [-0.05, 0) is 17.4 Å². The van der Waals surface area contributed by atoms with Crippen molar-refractivity contribution in [1.82, 2.24) is 10.3 Å². The minimum atomic E-state index is -1.19. The molecule has 1 amide bonds. The van der Waals surface area contributed by atoms with Crippen molar-refractivity contribution in [2.45, 2.75) is 0 Å². The molecule has 0 aliphatic rings. The van der Waals surface area contributed by atoms with Gasteiger partial charge in [0.2, 0.25) is 0 Å². The third-order valence-corrected chi connectivity index (χ3v) is 3.26. The maximum Gasteiger partial charge on any atom is 0.322 e. The van der Waals surface area contributed by atoms with Gasteiger partial charge in [0.1, 0.15) is 12.2 Å². The van der Waals surface area contributed by atoms with Gasteiger partial charge in [-0.15, -0.1) is 17.8 Å². The topological polar surface area (TPSA) is 99.5 Å². The van der Waals surface area contributed by atoms with Crippen molar-refractivity contribution in [3.05, 3.63) is 22.8 Å². The molecule has 0 spiro atoms. The molecule has 0 aliphatic carbocycles. The maximum atomic E-state index is 11.7. The molecular weight excluding hydrogens is 268 g/mol. The number of aromatic hydroxyl groups is 1. The third kappa shape index (κ3) is 2.34. The zero-order valence-corrected chi connectivity index (χ0v) is 10.3. The molecule has 6 nitrogen and oxygen atoms in total. The summed E-state index contributed by atoms with van der Waals surface area (Å²) in [7, 11) is 0. The molecule has 0 unspecified atom stereocenters. The highest BCUT2D eigenvalue weighted by atomic mass is 32.1. The number of terminal acetylenes is 1. The van der Waals surface area contributed by atoms with Gasteiger partial charge in [0.25, 0.3) is 5.91 Å². The molecule has 19 heavy (non-hydrogen) atoms. The van der Waals surface area contributed by atoms with Crippen molar-refractivity contribution in [3.63, 3.8) is 0 Å². The number of carbonyl (C=O) groups excluding carboxylic acids is 1. The first-order chi connectivity index (χ1) is 9.04. The summed E-state index contributed by atoms with van der Waals surface area (Å²) >= 11 is 1.22. The summed E-state index contributed by atoms with van der Waals surface area (Å²) in [6.07, 6.45) is 5.30. The molecule has 3 N–H and O–H groups in total. The van der Waals surface area contributed by atoms with Gasteiger partial charge >= 0.3 is 5.97 Å². The van der Waals surface area contributed by atoms with E-state index >= 15 is 0 Å². The monoisotopic (exact) mass is 276 g/mol. The summed E-state index contributed by atoms with van der Waals surface area (Å²) < 4.78 is 0.448. The summed E-state index contributed by atoms with van der Waals surface area (Å²) in [5.41, 5.74) is -0.0429. The summed E-state index contributed by atoms with van der Waals surface area (Å²) in [6, 6.07) is 1.70. The molecule has 0 aromatic carbocycles. The zero-order valence-electron chi connectivity index (χ0n) is 9.51. The molecule has 7 heteroatoms. The van der Waals surface area contributed by atoms with Gasteiger partial charge in [-0.25, -0.2) is 4.98 Å². The molecule has 2 rings (SSSR count). The number of nitrogens with one attached hydrogen (secondary N) is 1. The Morgan fingerprint density at radius 1 is 1.53 bits per heavy atom. The van der Waals surface area contributed by atoms with E-state index in [0.29, 0.717) is 10.1 Å². The van der Waals surface area contributed by atoms with Crippen LogP contribution in [0.2, 0.25) is 0 Å². The number of aliphatic carboxylic acids is 1. The molecule has 0 saturated heterocycles. The van der Waals surface area contributed by atoms with E-state index in [-0.39, 0.29) is 17.1 Å². The molecular formula is C12H8N2O4S. The van der Waals surface area contributed by atoms with Crippen molar-refractivity contribution in [2.24, 2.45) is 0 Å². The quantitative estimate of drug-likeness (QED) is 0.720. The first-order valence-electron chi connectivity index (χ1n) is 5.11. The Morgan fingerprint density at radius 2 is 2.26 bits per heavy atom. The largest absolute Gasteiger partial charge is 0.504 e. The number of carbonyl (C=O) groups is 2. The molecule has 0 atom stereocenters. The van der Waals surface area contributed by atoms with E-state index in [1.165, 1.54) is 11.3 Å². The van der Waals surface area contributed by atoms with Crippen molar-refractivity contribution >= 4 is 33.3 Å². The number of nitrogens with zero attached hydrogens (tertiary/aromatic N) is 1. The number of hydrogen-bond donors (Lipinski definition) is 3. The number of carboxylic acid groups (broad SMARTS) is 1. The average molecular weight is 276 g/mol. The Hall–Kier alpha value is -2.59. The predicted molar refractivity (Wildman–Crippen MR) is 69.2 cm³/mol. The lowest BCUT2D eigenvalue weighted by molar-refractivity contribution is -0.135. The van der Waals surface area contributed by atoms with E-state index in [9.17, 15) is 14.7 Å². The van der Waals surface area contributed by atoms with Gasteiger partial charge in [-0.3, -0.25) is 9.59 Å². The van der Waals surface area contributed by atoms with Crippen LogP contribution >= 0.6 is 11.3 Å². The Morgan fingerprint density at radius 3 is 2.89 bits per heavy atom. The normalized spacial score (nSPS) is 10.1. The molecule has 2 aromatic rings. The Labute approximate surface area is 111 Å². The van der Waals surface area contributed by atoms with Crippen molar-refractivity contribution in [2.75, 3.05) is 6.54 Å². The van der Waals surface area contributed by atoms with E-state index in [2.05, 4.69) is 16.2 Å². The molecule has 96 valence electrons. The third-order valence-electron chi connectivity index (χ3n) is 2.34. The molecule has 2 heterocycles. The van der Waals surface area contributed by atoms with Crippen LogP contribution in [0.3, 0.4) is 0 Å². The van der Waals surface area contributed by atoms with Gasteiger partial charge in [0.05, 0.1) is 4.70 Å². The highest BCUT2D eigenvalue weighted by Gasteiger charge is 2.19.